The highest BCUT2D eigenvalue weighted by atomic mass is 16.5. The quantitative estimate of drug-likeness (QED) is 0.832. The van der Waals surface area contributed by atoms with E-state index >= 15 is 0 Å². The molecule has 1 aromatic carbocycles. The van der Waals surface area contributed by atoms with Crippen LogP contribution in [0.1, 0.15) is 12.5 Å². The topological polar surface area (TPSA) is 24.8 Å². The van der Waals surface area contributed by atoms with Gasteiger partial charge in [-0.2, -0.15) is 0 Å². The van der Waals surface area contributed by atoms with Crippen molar-refractivity contribution in [3.05, 3.63) is 66.0 Å². The molecule has 0 spiro atoms. The smallest absolute Gasteiger partial charge is 0.120 e. The summed E-state index contributed by atoms with van der Waals surface area (Å²) in [5.74, 6) is 0.888. The van der Waals surface area contributed by atoms with Gasteiger partial charge in [-0.05, 0) is 42.8 Å². The Morgan fingerprint density at radius 2 is 2.00 bits per heavy atom. The first kappa shape index (κ1) is 13.4. The number of allylic oxidation sites excluding steroid dienone is 6. The summed E-state index contributed by atoms with van der Waals surface area (Å²) in [5.41, 5.74) is 4.40. The molecule has 3 heteroatoms. The Morgan fingerprint density at radius 3 is 2.76 bits per heavy atom. The van der Waals surface area contributed by atoms with Gasteiger partial charge in [-0.15, -0.1) is 0 Å². The van der Waals surface area contributed by atoms with Gasteiger partial charge in [0.2, 0.25) is 0 Å². The SMILES string of the molecule is CCOc1ccc2c(c1)C(=CC=C1C=CN(C)C=C1)C=N2. The van der Waals surface area contributed by atoms with Crippen LogP contribution in [0.15, 0.2) is 65.5 Å². The molecule has 3 nitrogen and oxygen atoms in total. The summed E-state index contributed by atoms with van der Waals surface area (Å²) < 4.78 is 5.56. The Morgan fingerprint density at radius 1 is 1.19 bits per heavy atom. The second-order valence-corrected chi connectivity index (χ2v) is 4.96. The lowest BCUT2D eigenvalue weighted by molar-refractivity contribution is 0.340. The number of rotatable bonds is 3. The lowest BCUT2D eigenvalue weighted by Gasteiger charge is -2.11. The van der Waals surface area contributed by atoms with Crippen LogP contribution in [0, 0.1) is 0 Å². The molecule has 0 aromatic heterocycles. The first-order valence-corrected chi connectivity index (χ1v) is 7.08. The summed E-state index contributed by atoms with van der Waals surface area (Å²) >= 11 is 0. The van der Waals surface area contributed by atoms with E-state index < -0.39 is 0 Å². The zero-order valence-corrected chi connectivity index (χ0v) is 12.3. The van der Waals surface area contributed by atoms with Crippen molar-refractivity contribution in [3.8, 4) is 5.75 Å². The molecule has 21 heavy (non-hydrogen) atoms. The van der Waals surface area contributed by atoms with Crippen molar-refractivity contribution in [2.45, 2.75) is 6.92 Å². The fourth-order valence-electron chi connectivity index (χ4n) is 2.27. The zero-order valence-electron chi connectivity index (χ0n) is 12.3. The summed E-state index contributed by atoms with van der Waals surface area (Å²) in [4.78, 5) is 6.45. The number of benzene rings is 1. The van der Waals surface area contributed by atoms with Gasteiger partial charge < -0.3 is 9.64 Å². The Kier molecular flexibility index (Phi) is 3.73. The first-order chi connectivity index (χ1) is 10.3. The molecule has 3 rings (SSSR count). The van der Waals surface area contributed by atoms with Crippen molar-refractivity contribution in [2.75, 3.05) is 13.7 Å². The molecule has 2 heterocycles. The summed E-state index contributed by atoms with van der Waals surface area (Å²) in [5, 5.41) is 0. The number of hydrogen-bond donors (Lipinski definition) is 0. The van der Waals surface area contributed by atoms with E-state index in [1.54, 1.807) is 0 Å². The molecular weight excluding hydrogens is 260 g/mol. The molecule has 0 saturated heterocycles. The second-order valence-electron chi connectivity index (χ2n) is 4.96. The molecule has 0 bridgehead atoms. The number of nitrogens with zero attached hydrogens (tertiary/aromatic N) is 2. The minimum Gasteiger partial charge on any atom is -0.494 e. The maximum absolute atomic E-state index is 5.56. The molecule has 1 aromatic rings. The van der Waals surface area contributed by atoms with Gasteiger partial charge in [-0.1, -0.05) is 12.2 Å². The monoisotopic (exact) mass is 278 g/mol. The second kappa shape index (κ2) is 5.83. The maximum Gasteiger partial charge on any atom is 0.120 e. The Labute approximate surface area is 125 Å². The highest BCUT2D eigenvalue weighted by molar-refractivity contribution is 6.16. The normalized spacial score (nSPS) is 17.5. The van der Waals surface area contributed by atoms with Crippen LogP contribution in [0.2, 0.25) is 0 Å². The van der Waals surface area contributed by atoms with Crippen LogP contribution in [-0.2, 0) is 0 Å². The van der Waals surface area contributed by atoms with Crippen LogP contribution in [0.4, 0.5) is 5.69 Å². The number of ether oxygens (including phenoxy) is 1. The highest BCUT2D eigenvalue weighted by Gasteiger charge is 2.12. The van der Waals surface area contributed by atoms with Crippen molar-refractivity contribution < 1.29 is 4.74 Å². The van der Waals surface area contributed by atoms with E-state index in [-0.39, 0.29) is 0 Å². The molecule has 0 atom stereocenters. The molecule has 0 aliphatic carbocycles. The minimum absolute atomic E-state index is 0.672. The summed E-state index contributed by atoms with van der Waals surface area (Å²) in [6.07, 6.45) is 14.3. The predicted octanol–water partition coefficient (Wildman–Crippen LogP) is 4.08. The molecule has 0 saturated carbocycles. The van der Waals surface area contributed by atoms with Crippen molar-refractivity contribution in [3.63, 3.8) is 0 Å². The number of fused-ring (bicyclic) bond motifs is 1. The third-order valence-electron chi connectivity index (χ3n) is 3.39. The van der Waals surface area contributed by atoms with E-state index in [9.17, 15) is 0 Å². The van der Waals surface area contributed by atoms with Crippen LogP contribution in [0.3, 0.4) is 0 Å². The van der Waals surface area contributed by atoms with Crippen LogP contribution < -0.4 is 4.74 Å². The van der Waals surface area contributed by atoms with Gasteiger partial charge in [0.25, 0.3) is 0 Å². The average molecular weight is 278 g/mol. The third-order valence-corrected chi connectivity index (χ3v) is 3.39. The molecule has 106 valence electrons. The minimum atomic E-state index is 0.672. The molecule has 0 radical (unpaired) electrons. The standard InChI is InChI=1S/C18H18N2O/c1-3-21-16-6-7-18-17(12-16)15(13-19-18)5-4-14-8-10-20(2)11-9-14/h4-13H,3H2,1-2H3. The average Bonchev–Trinajstić information content (AvgIpc) is 2.90. The summed E-state index contributed by atoms with van der Waals surface area (Å²) in [6.45, 7) is 2.66. The fourth-order valence-corrected chi connectivity index (χ4v) is 2.27. The Balaban J connectivity index is 1.86. The number of aliphatic imine (C=N–C) groups is 1. The van der Waals surface area contributed by atoms with Gasteiger partial charge >= 0.3 is 0 Å². The zero-order chi connectivity index (χ0) is 14.7. The van der Waals surface area contributed by atoms with Gasteiger partial charge in [-0.3, -0.25) is 4.99 Å². The largest absolute Gasteiger partial charge is 0.494 e. The lowest BCUT2D eigenvalue weighted by Crippen LogP contribution is -2.02. The predicted molar refractivity (Wildman–Crippen MR) is 87.9 cm³/mol. The van der Waals surface area contributed by atoms with Crippen molar-refractivity contribution in [2.24, 2.45) is 4.99 Å². The van der Waals surface area contributed by atoms with E-state index in [1.165, 1.54) is 5.57 Å². The van der Waals surface area contributed by atoms with Gasteiger partial charge in [0.05, 0.1) is 12.3 Å². The summed E-state index contributed by atoms with van der Waals surface area (Å²) in [6, 6.07) is 6.01. The molecule has 0 amide bonds. The molecule has 2 aliphatic heterocycles. The highest BCUT2D eigenvalue weighted by Crippen LogP contribution is 2.34. The van der Waals surface area contributed by atoms with Crippen LogP contribution >= 0.6 is 0 Å². The van der Waals surface area contributed by atoms with Crippen molar-refractivity contribution >= 4 is 17.5 Å². The molecule has 2 aliphatic rings. The molecular formula is C18H18N2O. The first-order valence-electron chi connectivity index (χ1n) is 7.08. The van der Waals surface area contributed by atoms with Gasteiger partial charge in [0, 0.05) is 36.8 Å². The van der Waals surface area contributed by atoms with E-state index in [1.807, 2.05) is 49.6 Å². The van der Waals surface area contributed by atoms with Crippen LogP contribution in [0.25, 0.3) is 5.57 Å². The third kappa shape index (κ3) is 2.97. The van der Waals surface area contributed by atoms with E-state index in [0.29, 0.717) is 6.61 Å². The van der Waals surface area contributed by atoms with E-state index in [2.05, 4.69) is 35.4 Å². The van der Waals surface area contributed by atoms with Crippen molar-refractivity contribution in [1.82, 2.24) is 4.90 Å². The molecule has 0 unspecified atom stereocenters. The molecule has 0 N–H and O–H groups in total. The van der Waals surface area contributed by atoms with Crippen LogP contribution in [0.5, 0.6) is 5.75 Å². The Bertz CT molecular complexity index is 677. The molecule has 0 fully saturated rings. The maximum atomic E-state index is 5.56. The van der Waals surface area contributed by atoms with Gasteiger partial charge in [0.1, 0.15) is 5.75 Å². The van der Waals surface area contributed by atoms with Crippen LogP contribution in [-0.4, -0.2) is 24.8 Å². The fraction of sp³-hybridized carbons (Fsp3) is 0.167. The van der Waals surface area contributed by atoms with Crippen molar-refractivity contribution in [1.29, 1.82) is 0 Å². The lowest BCUT2D eigenvalue weighted by atomic mass is 10.1. The summed E-state index contributed by atoms with van der Waals surface area (Å²) in [7, 11) is 2.01. The number of hydrogen-bond acceptors (Lipinski definition) is 3. The Hall–Kier alpha value is -2.55. The van der Waals surface area contributed by atoms with Gasteiger partial charge in [-0.25, -0.2) is 0 Å². The van der Waals surface area contributed by atoms with E-state index in [0.717, 1.165) is 22.6 Å². The van der Waals surface area contributed by atoms with Gasteiger partial charge in [0.15, 0.2) is 0 Å². The van der Waals surface area contributed by atoms with E-state index in [4.69, 9.17) is 4.74 Å².